The van der Waals surface area contributed by atoms with Crippen LogP contribution in [-0.4, -0.2) is 17.0 Å². The van der Waals surface area contributed by atoms with Gasteiger partial charge in [-0.15, -0.1) is 0 Å². The van der Waals surface area contributed by atoms with Gasteiger partial charge in [-0.3, -0.25) is 4.79 Å². The van der Waals surface area contributed by atoms with Crippen molar-refractivity contribution < 1.29 is 27.9 Å². The zero-order valence-corrected chi connectivity index (χ0v) is 14.2. The topological polar surface area (TPSA) is 66.4 Å². The van der Waals surface area contributed by atoms with Crippen LogP contribution in [0.4, 0.5) is 18.9 Å². The number of hydrogen-bond acceptors (Lipinski definition) is 2. The van der Waals surface area contributed by atoms with Gasteiger partial charge in [-0.1, -0.05) is 23.7 Å². The average molecular weight is 384 g/mol. The van der Waals surface area contributed by atoms with Crippen LogP contribution < -0.4 is 5.32 Å². The Kier molecular flexibility index (Phi) is 5.72. The van der Waals surface area contributed by atoms with E-state index in [1.54, 1.807) is 0 Å². The summed E-state index contributed by atoms with van der Waals surface area (Å²) in [6.45, 7) is 1.40. The van der Waals surface area contributed by atoms with E-state index >= 15 is 0 Å². The fourth-order valence-electron chi connectivity index (χ4n) is 2.15. The smallest absolute Gasteiger partial charge is 0.416 e. The minimum absolute atomic E-state index is 0.00760. The molecule has 26 heavy (non-hydrogen) atoms. The second kappa shape index (κ2) is 7.61. The first-order valence-corrected chi connectivity index (χ1v) is 7.65. The Morgan fingerprint density at radius 3 is 2.46 bits per heavy atom. The van der Waals surface area contributed by atoms with Crippen LogP contribution in [0.2, 0.25) is 5.02 Å². The molecule has 0 fully saturated rings. The van der Waals surface area contributed by atoms with Crippen LogP contribution in [0.25, 0.3) is 6.08 Å². The van der Waals surface area contributed by atoms with Crippen molar-refractivity contribution in [2.24, 2.45) is 0 Å². The van der Waals surface area contributed by atoms with E-state index in [9.17, 15) is 22.8 Å². The number of benzene rings is 2. The largest absolute Gasteiger partial charge is 0.478 e. The van der Waals surface area contributed by atoms with Gasteiger partial charge in [0, 0.05) is 10.6 Å². The number of carbonyl (C=O) groups is 2. The second-order valence-electron chi connectivity index (χ2n) is 5.40. The highest BCUT2D eigenvalue weighted by Gasteiger charge is 2.30. The molecule has 0 aromatic heterocycles. The second-order valence-corrected chi connectivity index (χ2v) is 5.84. The molecule has 2 aromatic carbocycles. The average Bonchev–Trinajstić information content (AvgIpc) is 2.54. The van der Waals surface area contributed by atoms with Gasteiger partial charge in [0.25, 0.3) is 5.91 Å². The van der Waals surface area contributed by atoms with Gasteiger partial charge in [0.15, 0.2) is 0 Å². The van der Waals surface area contributed by atoms with Crippen molar-refractivity contribution in [2.75, 3.05) is 5.32 Å². The van der Waals surface area contributed by atoms with Gasteiger partial charge >= 0.3 is 12.1 Å². The Labute approximate surface area is 151 Å². The van der Waals surface area contributed by atoms with Crippen molar-refractivity contribution >= 4 is 35.2 Å². The molecule has 2 rings (SSSR count). The summed E-state index contributed by atoms with van der Waals surface area (Å²) in [4.78, 5) is 23.4. The number of carboxylic acids is 1. The molecule has 4 nitrogen and oxygen atoms in total. The molecule has 0 saturated carbocycles. The van der Waals surface area contributed by atoms with E-state index in [2.05, 4.69) is 5.32 Å². The van der Waals surface area contributed by atoms with E-state index < -0.39 is 23.6 Å². The monoisotopic (exact) mass is 383 g/mol. The summed E-state index contributed by atoms with van der Waals surface area (Å²) in [5.74, 6) is -1.91. The molecular formula is C18H13ClF3NO3. The van der Waals surface area contributed by atoms with Crippen molar-refractivity contribution in [1.82, 2.24) is 0 Å². The van der Waals surface area contributed by atoms with Crippen molar-refractivity contribution in [1.29, 1.82) is 0 Å². The van der Waals surface area contributed by atoms with Gasteiger partial charge in [0.2, 0.25) is 0 Å². The summed E-state index contributed by atoms with van der Waals surface area (Å²) in [6.07, 6.45) is -3.22. The first-order chi connectivity index (χ1) is 12.1. The third kappa shape index (κ3) is 4.86. The standard InChI is InChI=1S/C18H13ClF3NO3/c1-10(7-11-3-2-4-12(8-11)18(20,21)22)16(24)23-15-9-13(19)5-6-14(15)17(25)26/h2-9H,1H3,(H,23,24)(H,25,26)/b10-7+. The summed E-state index contributed by atoms with van der Waals surface area (Å²) in [6, 6.07) is 8.39. The summed E-state index contributed by atoms with van der Waals surface area (Å²) in [7, 11) is 0. The van der Waals surface area contributed by atoms with Gasteiger partial charge in [-0.2, -0.15) is 13.2 Å². The van der Waals surface area contributed by atoms with Crippen LogP contribution in [0, 0.1) is 0 Å². The zero-order valence-electron chi connectivity index (χ0n) is 13.4. The summed E-state index contributed by atoms with van der Waals surface area (Å²) < 4.78 is 38.2. The molecule has 8 heteroatoms. The summed E-state index contributed by atoms with van der Waals surface area (Å²) >= 11 is 5.81. The number of nitrogens with one attached hydrogen (secondary N) is 1. The molecule has 136 valence electrons. The Morgan fingerprint density at radius 2 is 1.85 bits per heavy atom. The minimum atomic E-state index is -4.49. The number of hydrogen-bond donors (Lipinski definition) is 2. The van der Waals surface area contributed by atoms with E-state index in [-0.39, 0.29) is 27.4 Å². The molecule has 0 unspecified atom stereocenters. The lowest BCUT2D eigenvalue weighted by Crippen LogP contribution is -2.15. The van der Waals surface area contributed by atoms with Gasteiger partial charge in [0.05, 0.1) is 16.8 Å². The zero-order chi connectivity index (χ0) is 19.5. The molecule has 1 amide bonds. The normalized spacial score (nSPS) is 12.0. The highest BCUT2D eigenvalue weighted by Crippen LogP contribution is 2.30. The van der Waals surface area contributed by atoms with Crippen molar-refractivity contribution in [3.8, 4) is 0 Å². The number of rotatable bonds is 4. The third-order valence-electron chi connectivity index (χ3n) is 3.42. The molecule has 0 aliphatic heterocycles. The fraction of sp³-hybridized carbons (Fsp3) is 0.111. The maximum absolute atomic E-state index is 12.7. The van der Waals surface area contributed by atoms with Gasteiger partial charge in [-0.25, -0.2) is 4.79 Å². The van der Waals surface area contributed by atoms with Crippen LogP contribution in [0.15, 0.2) is 48.0 Å². The molecule has 0 spiro atoms. The quantitative estimate of drug-likeness (QED) is 0.722. The Balaban J connectivity index is 2.27. The highest BCUT2D eigenvalue weighted by molar-refractivity contribution is 6.31. The highest BCUT2D eigenvalue weighted by atomic mass is 35.5. The van der Waals surface area contributed by atoms with Crippen molar-refractivity contribution in [3.05, 3.63) is 69.8 Å². The van der Waals surface area contributed by atoms with E-state index in [4.69, 9.17) is 16.7 Å². The predicted octanol–water partition coefficient (Wildman–Crippen LogP) is 5.10. The lowest BCUT2D eigenvalue weighted by atomic mass is 10.1. The lowest BCUT2D eigenvalue weighted by Gasteiger charge is -2.10. The first-order valence-electron chi connectivity index (χ1n) is 7.27. The van der Waals surface area contributed by atoms with Gasteiger partial charge in [0.1, 0.15) is 0 Å². The number of carboxylic acid groups (broad SMARTS) is 1. The number of aromatic carboxylic acids is 1. The first kappa shape index (κ1) is 19.5. The Hall–Kier alpha value is -2.80. The molecule has 0 aliphatic carbocycles. The van der Waals surface area contributed by atoms with Crippen LogP contribution in [0.5, 0.6) is 0 Å². The van der Waals surface area contributed by atoms with Crippen LogP contribution in [0.3, 0.4) is 0 Å². The van der Waals surface area contributed by atoms with E-state index in [1.165, 1.54) is 43.3 Å². The van der Waals surface area contributed by atoms with Crippen molar-refractivity contribution in [3.63, 3.8) is 0 Å². The third-order valence-corrected chi connectivity index (χ3v) is 3.65. The van der Waals surface area contributed by atoms with Gasteiger partial charge < -0.3 is 10.4 Å². The Bertz CT molecular complexity index is 891. The number of alkyl halides is 3. The molecule has 0 aliphatic rings. The molecule has 0 atom stereocenters. The van der Waals surface area contributed by atoms with Crippen LogP contribution in [-0.2, 0) is 11.0 Å². The number of amides is 1. The SMILES string of the molecule is C/C(=C\c1cccc(C(F)(F)F)c1)C(=O)Nc1cc(Cl)ccc1C(=O)O. The maximum atomic E-state index is 12.7. The fourth-order valence-corrected chi connectivity index (χ4v) is 2.32. The maximum Gasteiger partial charge on any atom is 0.416 e. The molecule has 0 bridgehead atoms. The summed E-state index contributed by atoms with van der Waals surface area (Å²) in [5, 5.41) is 11.8. The number of halogens is 4. The van der Waals surface area contributed by atoms with Gasteiger partial charge in [-0.05, 0) is 48.9 Å². The number of carbonyl (C=O) groups excluding carboxylic acids is 1. The predicted molar refractivity (Wildman–Crippen MR) is 92.1 cm³/mol. The molecule has 2 aromatic rings. The number of anilines is 1. The molecule has 0 heterocycles. The summed E-state index contributed by atoms with van der Waals surface area (Å²) in [5.41, 5.74) is -0.707. The van der Waals surface area contributed by atoms with E-state index in [1.807, 2.05) is 0 Å². The Morgan fingerprint density at radius 1 is 1.15 bits per heavy atom. The molecule has 2 N–H and O–H groups in total. The molecule has 0 radical (unpaired) electrons. The van der Waals surface area contributed by atoms with E-state index in [0.717, 1.165) is 12.1 Å². The lowest BCUT2D eigenvalue weighted by molar-refractivity contribution is -0.137. The minimum Gasteiger partial charge on any atom is -0.478 e. The molecule has 0 saturated heterocycles. The van der Waals surface area contributed by atoms with Crippen molar-refractivity contribution in [2.45, 2.75) is 13.1 Å². The van der Waals surface area contributed by atoms with Crippen LogP contribution in [0.1, 0.15) is 28.4 Å². The van der Waals surface area contributed by atoms with Crippen LogP contribution >= 0.6 is 11.6 Å². The molecular weight excluding hydrogens is 371 g/mol. The van der Waals surface area contributed by atoms with E-state index in [0.29, 0.717) is 0 Å².